The minimum Gasteiger partial charge on any atom is -0.490 e. The van der Waals surface area contributed by atoms with Crippen LogP contribution in [0.5, 0.6) is 5.75 Å². The second-order valence-electron chi connectivity index (χ2n) is 6.27. The Labute approximate surface area is 148 Å². The second-order valence-corrected chi connectivity index (χ2v) is 6.27. The molecule has 0 bridgehead atoms. The highest BCUT2D eigenvalue weighted by Crippen LogP contribution is 2.32. The van der Waals surface area contributed by atoms with E-state index >= 15 is 0 Å². The number of nitrogens with two attached hydrogens (primary N) is 1. The molecule has 0 saturated heterocycles. The number of nitrogens with zero attached hydrogens (tertiary/aromatic N) is 4. The molecule has 7 heteroatoms. The summed E-state index contributed by atoms with van der Waals surface area (Å²) >= 11 is 0. The van der Waals surface area contributed by atoms with Crippen LogP contribution in [-0.4, -0.2) is 27.5 Å². The maximum absolute atomic E-state index is 14.1. The van der Waals surface area contributed by atoms with E-state index in [-0.39, 0.29) is 11.5 Å². The number of anilines is 2. The Morgan fingerprint density at radius 1 is 1.12 bits per heavy atom. The number of para-hydroxylation sites is 3. The fraction of sp³-hybridized carbons (Fsp3) is 0.158. The molecular weight excluding hydrogens is 333 g/mol. The van der Waals surface area contributed by atoms with E-state index in [1.54, 1.807) is 16.5 Å². The van der Waals surface area contributed by atoms with Gasteiger partial charge in [0.15, 0.2) is 0 Å². The minimum absolute atomic E-state index is 0.221. The quantitative estimate of drug-likeness (QED) is 0.602. The first-order chi connectivity index (χ1) is 12.7. The van der Waals surface area contributed by atoms with E-state index in [0.29, 0.717) is 24.2 Å². The standard InChI is InChI=1S/C19H16FN5O/c20-14-5-3-4-13-17(14)23-19(21)25-11-12(22-18(13)25)10-24-8-9-26-16-7-2-1-6-15(16)24/h1-7,11H,8-10H2,(H2,21,23). The molecule has 26 heavy (non-hydrogen) atoms. The van der Waals surface area contributed by atoms with Gasteiger partial charge < -0.3 is 15.4 Å². The zero-order valence-electron chi connectivity index (χ0n) is 13.9. The van der Waals surface area contributed by atoms with E-state index in [0.717, 1.165) is 23.7 Å². The lowest BCUT2D eigenvalue weighted by Gasteiger charge is -2.30. The highest BCUT2D eigenvalue weighted by molar-refractivity contribution is 5.92. The first-order valence-electron chi connectivity index (χ1n) is 8.39. The van der Waals surface area contributed by atoms with E-state index in [2.05, 4.69) is 9.88 Å². The van der Waals surface area contributed by atoms with Crippen molar-refractivity contribution >= 4 is 28.2 Å². The Kier molecular flexibility index (Phi) is 3.21. The molecule has 0 unspecified atom stereocenters. The summed E-state index contributed by atoms with van der Waals surface area (Å²) in [5.74, 6) is 0.693. The third-order valence-corrected chi connectivity index (χ3v) is 4.63. The van der Waals surface area contributed by atoms with Crippen LogP contribution in [0.4, 0.5) is 16.0 Å². The van der Waals surface area contributed by atoms with Crippen LogP contribution in [-0.2, 0) is 6.54 Å². The first kappa shape index (κ1) is 14.9. The highest BCUT2D eigenvalue weighted by atomic mass is 19.1. The lowest BCUT2D eigenvalue weighted by molar-refractivity contribution is 0.306. The Bertz CT molecular complexity index is 1140. The van der Waals surface area contributed by atoms with E-state index in [9.17, 15) is 4.39 Å². The summed E-state index contributed by atoms with van der Waals surface area (Å²) in [6.45, 7) is 2.01. The molecule has 0 fully saturated rings. The van der Waals surface area contributed by atoms with Gasteiger partial charge >= 0.3 is 0 Å². The molecular formula is C19H16FN5O. The molecule has 0 saturated carbocycles. The molecule has 0 spiro atoms. The zero-order chi connectivity index (χ0) is 17.7. The van der Waals surface area contributed by atoms with Gasteiger partial charge in [-0.1, -0.05) is 18.2 Å². The largest absolute Gasteiger partial charge is 0.490 e. The van der Waals surface area contributed by atoms with E-state index in [4.69, 9.17) is 15.5 Å². The van der Waals surface area contributed by atoms with Crippen molar-refractivity contribution in [2.24, 2.45) is 0 Å². The molecule has 0 amide bonds. The van der Waals surface area contributed by atoms with Gasteiger partial charge in [-0.3, -0.25) is 4.40 Å². The summed E-state index contributed by atoms with van der Waals surface area (Å²) in [6.07, 6.45) is 1.86. The molecule has 0 aliphatic carbocycles. The number of nitrogen functional groups attached to an aromatic ring is 1. The number of hydrogen-bond donors (Lipinski definition) is 1. The van der Waals surface area contributed by atoms with Gasteiger partial charge in [0, 0.05) is 11.6 Å². The molecule has 1 aliphatic rings. The maximum atomic E-state index is 14.1. The predicted octanol–water partition coefficient (Wildman–Crippen LogP) is 3.00. The molecule has 6 nitrogen and oxygen atoms in total. The fourth-order valence-corrected chi connectivity index (χ4v) is 3.43. The molecule has 4 aromatic rings. The summed E-state index contributed by atoms with van der Waals surface area (Å²) < 4.78 is 21.5. The molecule has 2 aromatic heterocycles. The number of rotatable bonds is 2. The Morgan fingerprint density at radius 3 is 2.92 bits per heavy atom. The number of ether oxygens (including phenoxy) is 1. The average molecular weight is 349 g/mol. The van der Waals surface area contributed by atoms with E-state index in [1.807, 2.05) is 30.5 Å². The lowest BCUT2D eigenvalue weighted by atomic mass is 10.2. The number of aromatic nitrogens is 3. The van der Waals surface area contributed by atoms with Crippen molar-refractivity contribution in [1.82, 2.24) is 14.4 Å². The molecule has 2 aromatic carbocycles. The second kappa shape index (κ2) is 5.59. The third-order valence-electron chi connectivity index (χ3n) is 4.63. The van der Waals surface area contributed by atoms with Crippen LogP contribution in [0.25, 0.3) is 16.6 Å². The molecule has 1 aliphatic heterocycles. The number of fused-ring (bicyclic) bond motifs is 4. The first-order valence-corrected chi connectivity index (χ1v) is 8.39. The van der Waals surface area contributed by atoms with Crippen LogP contribution in [0.15, 0.2) is 48.7 Å². The van der Waals surface area contributed by atoms with Gasteiger partial charge in [0.05, 0.1) is 24.5 Å². The topological polar surface area (TPSA) is 68.7 Å². The molecule has 0 atom stereocenters. The molecule has 0 radical (unpaired) electrons. The summed E-state index contributed by atoms with van der Waals surface area (Å²) in [4.78, 5) is 11.1. The number of benzene rings is 2. The monoisotopic (exact) mass is 349 g/mol. The number of hydrogen-bond acceptors (Lipinski definition) is 5. The number of imidazole rings is 1. The van der Waals surface area contributed by atoms with Crippen LogP contribution >= 0.6 is 0 Å². The van der Waals surface area contributed by atoms with E-state index < -0.39 is 5.82 Å². The predicted molar refractivity (Wildman–Crippen MR) is 97.9 cm³/mol. The molecule has 5 rings (SSSR count). The Hall–Kier alpha value is -3.35. The van der Waals surface area contributed by atoms with Crippen LogP contribution in [0.2, 0.25) is 0 Å². The van der Waals surface area contributed by atoms with E-state index in [1.165, 1.54) is 6.07 Å². The maximum Gasteiger partial charge on any atom is 0.206 e. The Morgan fingerprint density at radius 2 is 2.00 bits per heavy atom. The summed E-state index contributed by atoms with van der Waals surface area (Å²) in [5, 5.41) is 0.646. The van der Waals surface area contributed by atoms with Crippen molar-refractivity contribution in [2.45, 2.75) is 6.54 Å². The van der Waals surface area contributed by atoms with Gasteiger partial charge in [0.25, 0.3) is 0 Å². The van der Waals surface area contributed by atoms with Gasteiger partial charge in [0.1, 0.15) is 29.3 Å². The van der Waals surface area contributed by atoms with Crippen molar-refractivity contribution in [1.29, 1.82) is 0 Å². The fourth-order valence-electron chi connectivity index (χ4n) is 3.43. The van der Waals surface area contributed by atoms with Gasteiger partial charge in [-0.15, -0.1) is 0 Å². The summed E-state index contributed by atoms with van der Waals surface area (Å²) in [7, 11) is 0. The number of halogens is 1. The molecule has 130 valence electrons. The summed E-state index contributed by atoms with van der Waals surface area (Å²) in [5.41, 5.74) is 8.76. The van der Waals surface area contributed by atoms with Gasteiger partial charge in [-0.05, 0) is 24.3 Å². The van der Waals surface area contributed by atoms with Crippen molar-refractivity contribution in [3.05, 3.63) is 60.2 Å². The Balaban J connectivity index is 1.60. The van der Waals surface area contributed by atoms with Gasteiger partial charge in [-0.25, -0.2) is 14.4 Å². The normalized spacial score (nSPS) is 13.8. The third kappa shape index (κ3) is 2.24. The van der Waals surface area contributed by atoms with Crippen molar-refractivity contribution in [3.63, 3.8) is 0 Å². The van der Waals surface area contributed by atoms with Crippen LogP contribution in [0.1, 0.15) is 5.69 Å². The lowest BCUT2D eigenvalue weighted by Crippen LogP contribution is -2.32. The van der Waals surface area contributed by atoms with Crippen LogP contribution in [0.3, 0.4) is 0 Å². The van der Waals surface area contributed by atoms with Crippen molar-refractivity contribution in [3.8, 4) is 5.75 Å². The van der Waals surface area contributed by atoms with Gasteiger partial charge in [-0.2, -0.15) is 0 Å². The molecule has 2 N–H and O–H groups in total. The smallest absolute Gasteiger partial charge is 0.206 e. The highest BCUT2D eigenvalue weighted by Gasteiger charge is 2.19. The SMILES string of the molecule is Nc1nc2c(F)cccc2c2nc(CN3CCOc4ccccc43)cn12. The van der Waals surface area contributed by atoms with Crippen molar-refractivity contribution < 1.29 is 9.13 Å². The molecule has 3 heterocycles. The van der Waals surface area contributed by atoms with Crippen molar-refractivity contribution in [2.75, 3.05) is 23.8 Å². The summed E-state index contributed by atoms with van der Waals surface area (Å²) in [6, 6.07) is 12.8. The van der Waals surface area contributed by atoms with Crippen LogP contribution in [0, 0.1) is 5.82 Å². The minimum atomic E-state index is -0.400. The zero-order valence-corrected chi connectivity index (χ0v) is 13.9. The average Bonchev–Trinajstić information content (AvgIpc) is 3.08. The van der Waals surface area contributed by atoms with Crippen LogP contribution < -0.4 is 15.4 Å². The van der Waals surface area contributed by atoms with Gasteiger partial charge in [0.2, 0.25) is 5.95 Å².